The van der Waals surface area contributed by atoms with Gasteiger partial charge in [-0.15, -0.1) is 0 Å². The predicted molar refractivity (Wildman–Crippen MR) is 102 cm³/mol. The van der Waals surface area contributed by atoms with Crippen molar-refractivity contribution in [3.8, 4) is 0 Å². The lowest BCUT2D eigenvalue weighted by Crippen LogP contribution is -2.33. The van der Waals surface area contributed by atoms with Crippen molar-refractivity contribution in [3.63, 3.8) is 0 Å². The first-order chi connectivity index (χ1) is 13.5. The van der Waals surface area contributed by atoms with E-state index in [0.29, 0.717) is 11.3 Å². The molecule has 150 valence electrons. The molecule has 1 saturated carbocycles. The van der Waals surface area contributed by atoms with Crippen LogP contribution in [-0.4, -0.2) is 43.0 Å². The number of carbonyl (C=O) groups is 4. The molecule has 8 heteroatoms. The fourth-order valence-electron chi connectivity index (χ4n) is 2.82. The molecular weight excluding hydrogens is 364 g/mol. The smallest absolute Gasteiger partial charge is 0.331 e. The highest BCUT2D eigenvalue weighted by Gasteiger charge is 2.20. The van der Waals surface area contributed by atoms with Gasteiger partial charge in [-0.3, -0.25) is 9.59 Å². The monoisotopic (exact) mass is 388 g/mol. The summed E-state index contributed by atoms with van der Waals surface area (Å²) < 4.78 is 9.40. The Hall–Kier alpha value is -3.16. The molecule has 0 heterocycles. The van der Waals surface area contributed by atoms with Gasteiger partial charge in [0.2, 0.25) is 0 Å². The third-order valence-electron chi connectivity index (χ3n) is 4.12. The average Bonchev–Trinajstić information content (AvgIpc) is 3.18. The first-order valence-electron chi connectivity index (χ1n) is 9.21. The van der Waals surface area contributed by atoms with Gasteiger partial charge >= 0.3 is 11.9 Å². The highest BCUT2D eigenvalue weighted by molar-refractivity contribution is 6.04. The largest absolute Gasteiger partial charge is 0.463 e. The van der Waals surface area contributed by atoms with Crippen molar-refractivity contribution < 1.29 is 28.7 Å². The molecule has 0 aromatic heterocycles. The van der Waals surface area contributed by atoms with Gasteiger partial charge in [0.15, 0.2) is 6.61 Å². The molecule has 0 bridgehead atoms. The lowest BCUT2D eigenvalue weighted by molar-refractivity contribution is -0.143. The van der Waals surface area contributed by atoms with Crippen molar-refractivity contribution in [2.75, 3.05) is 18.5 Å². The van der Waals surface area contributed by atoms with E-state index in [4.69, 9.17) is 4.74 Å². The third-order valence-corrected chi connectivity index (χ3v) is 4.12. The van der Waals surface area contributed by atoms with Crippen molar-refractivity contribution in [1.29, 1.82) is 0 Å². The molecule has 2 rings (SSSR count). The quantitative estimate of drug-likeness (QED) is 0.520. The number of carbonyl (C=O) groups excluding carboxylic acids is 4. The van der Waals surface area contributed by atoms with Crippen LogP contribution in [0, 0.1) is 0 Å². The first-order valence-corrected chi connectivity index (χ1v) is 9.21. The third kappa shape index (κ3) is 6.86. The number of nitrogens with one attached hydrogen (secondary N) is 2. The molecule has 0 saturated heterocycles. The lowest BCUT2D eigenvalue weighted by Gasteiger charge is -2.15. The van der Waals surface area contributed by atoms with Crippen LogP contribution in [-0.2, 0) is 23.9 Å². The maximum atomic E-state index is 12.5. The summed E-state index contributed by atoms with van der Waals surface area (Å²) in [5.74, 6) is -2.38. The number of amides is 2. The second-order valence-electron chi connectivity index (χ2n) is 6.24. The van der Waals surface area contributed by atoms with Crippen molar-refractivity contribution in [1.82, 2.24) is 5.32 Å². The topological polar surface area (TPSA) is 111 Å². The first kappa shape index (κ1) is 21.1. The van der Waals surface area contributed by atoms with Gasteiger partial charge in [-0.1, -0.05) is 25.0 Å². The molecule has 0 aliphatic heterocycles. The molecule has 2 amide bonds. The zero-order chi connectivity index (χ0) is 20.4. The molecule has 0 radical (unpaired) electrons. The maximum absolute atomic E-state index is 12.5. The molecule has 0 unspecified atom stereocenters. The number of benzene rings is 1. The summed E-state index contributed by atoms with van der Waals surface area (Å²) in [6.07, 6.45) is 5.91. The summed E-state index contributed by atoms with van der Waals surface area (Å²) in [6.45, 7) is 1.28. The Labute approximate surface area is 163 Å². The summed E-state index contributed by atoms with van der Waals surface area (Å²) in [4.78, 5) is 47.1. The van der Waals surface area contributed by atoms with E-state index in [1.165, 1.54) is 0 Å². The lowest BCUT2D eigenvalue weighted by atomic mass is 10.1. The molecule has 1 aromatic rings. The van der Waals surface area contributed by atoms with Crippen molar-refractivity contribution in [2.24, 2.45) is 0 Å². The van der Waals surface area contributed by atoms with Crippen LogP contribution in [0.25, 0.3) is 0 Å². The van der Waals surface area contributed by atoms with Gasteiger partial charge in [0, 0.05) is 18.2 Å². The molecule has 28 heavy (non-hydrogen) atoms. The van der Waals surface area contributed by atoms with Gasteiger partial charge in [0.05, 0.1) is 17.9 Å². The summed E-state index contributed by atoms with van der Waals surface area (Å²) in [5.41, 5.74) is 0.678. The second-order valence-corrected chi connectivity index (χ2v) is 6.24. The fourth-order valence-corrected chi connectivity index (χ4v) is 2.82. The SMILES string of the molecule is CCOC(=O)/C=C/C(=O)OCC(=O)Nc1ccccc1C(=O)NC1CCCC1. The number of hydrogen-bond donors (Lipinski definition) is 2. The Bertz CT molecular complexity index is 753. The second kappa shape index (κ2) is 10.9. The van der Waals surface area contributed by atoms with E-state index < -0.39 is 24.5 Å². The molecule has 1 aliphatic rings. The normalized spacial score (nSPS) is 13.9. The number of para-hydroxylation sites is 1. The fraction of sp³-hybridized carbons (Fsp3) is 0.400. The molecule has 0 spiro atoms. The van der Waals surface area contributed by atoms with Gasteiger partial charge in [0.25, 0.3) is 11.8 Å². The van der Waals surface area contributed by atoms with Crippen LogP contribution < -0.4 is 10.6 Å². The molecule has 2 N–H and O–H groups in total. The Morgan fingerprint density at radius 2 is 1.68 bits per heavy atom. The summed E-state index contributed by atoms with van der Waals surface area (Å²) in [6, 6.07) is 6.77. The molecular formula is C20H24N2O6. The van der Waals surface area contributed by atoms with E-state index >= 15 is 0 Å². The van der Waals surface area contributed by atoms with E-state index in [1.54, 1.807) is 31.2 Å². The van der Waals surface area contributed by atoms with Gasteiger partial charge in [-0.05, 0) is 31.9 Å². The molecule has 0 atom stereocenters. The summed E-state index contributed by atoms with van der Waals surface area (Å²) >= 11 is 0. The Morgan fingerprint density at radius 3 is 2.36 bits per heavy atom. The van der Waals surface area contributed by atoms with Crippen LogP contribution >= 0.6 is 0 Å². The zero-order valence-electron chi connectivity index (χ0n) is 15.7. The van der Waals surface area contributed by atoms with Crippen LogP contribution in [0.5, 0.6) is 0 Å². The van der Waals surface area contributed by atoms with Crippen LogP contribution in [0.3, 0.4) is 0 Å². The van der Waals surface area contributed by atoms with E-state index in [2.05, 4.69) is 15.4 Å². The summed E-state index contributed by atoms with van der Waals surface area (Å²) in [7, 11) is 0. The highest BCUT2D eigenvalue weighted by Crippen LogP contribution is 2.20. The molecule has 1 aliphatic carbocycles. The summed E-state index contributed by atoms with van der Waals surface area (Å²) in [5, 5.41) is 5.53. The zero-order valence-corrected chi connectivity index (χ0v) is 15.7. The Balaban J connectivity index is 1.87. The Kier molecular flexibility index (Phi) is 8.20. The van der Waals surface area contributed by atoms with Gasteiger partial charge < -0.3 is 20.1 Å². The van der Waals surface area contributed by atoms with Gasteiger partial charge in [-0.2, -0.15) is 0 Å². The predicted octanol–water partition coefficient (Wildman–Crippen LogP) is 1.96. The van der Waals surface area contributed by atoms with Crippen molar-refractivity contribution in [2.45, 2.75) is 38.6 Å². The Morgan fingerprint density at radius 1 is 1.04 bits per heavy atom. The number of esters is 2. The minimum Gasteiger partial charge on any atom is -0.463 e. The number of ether oxygens (including phenoxy) is 2. The van der Waals surface area contributed by atoms with E-state index in [-0.39, 0.29) is 18.6 Å². The molecule has 1 aromatic carbocycles. The molecule has 8 nitrogen and oxygen atoms in total. The van der Waals surface area contributed by atoms with Crippen LogP contribution in [0.2, 0.25) is 0 Å². The maximum Gasteiger partial charge on any atom is 0.331 e. The van der Waals surface area contributed by atoms with E-state index in [9.17, 15) is 19.2 Å². The van der Waals surface area contributed by atoms with E-state index in [0.717, 1.165) is 37.8 Å². The highest BCUT2D eigenvalue weighted by atomic mass is 16.5. The van der Waals surface area contributed by atoms with E-state index in [1.807, 2.05) is 0 Å². The minimum atomic E-state index is -0.851. The van der Waals surface area contributed by atoms with Crippen LogP contribution in [0.4, 0.5) is 5.69 Å². The van der Waals surface area contributed by atoms with Crippen molar-refractivity contribution >= 4 is 29.4 Å². The standard InChI is InChI=1S/C20H24N2O6/c1-2-27-18(24)11-12-19(25)28-13-17(23)22-16-10-6-5-9-15(16)20(26)21-14-7-3-4-8-14/h5-6,9-12,14H,2-4,7-8,13H2,1H3,(H,21,26)(H,22,23)/b12-11+. The molecule has 1 fully saturated rings. The number of hydrogen-bond acceptors (Lipinski definition) is 6. The number of rotatable bonds is 8. The van der Waals surface area contributed by atoms with Crippen LogP contribution in [0.1, 0.15) is 43.0 Å². The van der Waals surface area contributed by atoms with Gasteiger partial charge in [0.1, 0.15) is 0 Å². The number of anilines is 1. The van der Waals surface area contributed by atoms with Gasteiger partial charge in [-0.25, -0.2) is 9.59 Å². The van der Waals surface area contributed by atoms with Crippen molar-refractivity contribution in [3.05, 3.63) is 42.0 Å². The van der Waals surface area contributed by atoms with Crippen LogP contribution in [0.15, 0.2) is 36.4 Å². The average molecular weight is 388 g/mol. The minimum absolute atomic E-state index is 0.156.